The third kappa shape index (κ3) is 3.46. The summed E-state index contributed by atoms with van der Waals surface area (Å²) in [6.07, 6.45) is 2.87. The Labute approximate surface area is 127 Å². The van der Waals surface area contributed by atoms with E-state index in [0.717, 1.165) is 25.7 Å². The molecule has 1 heterocycles. The number of nitrogens with one attached hydrogen (secondary N) is 1. The number of ether oxygens (including phenoxy) is 1. The maximum atomic E-state index is 12.0. The molecule has 0 bridgehead atoms. The van der Waals surface area contributed by atoms with Gasteiger partial charge in [-0.25, -0.2) is 4.79 Å². The fourth-order valence-corrected chi connectivity index (χ4v) is 3.42. The molecule has 1 saturated carbocycles. The van der Waals surface area contributed by atoms with Crippen molar-refractivity contribution >= 4 is 28.0 Å². The molecule has 114 valence electrons. The number of carbonyl (C=O) groups is 1. The Morgan fingerprint density at radius 3 is 2.76 bits per heavy atom. The first-order valence-electron chi connectivity index (χ1n) is 7.00. The number of nitriles is 1. The van der Waals surface area contributed by atoms with Gasteiger partial charge >= 0.3 is 5.97 Å². The number of aliphatic hydroxyl groups is 1. The first kappa shape index (κ1) is 15.6. The molecule has 0 amide bonds. The van der Waals surface area contributed by atoms with Crippen LogP contribution in [0.1, 0.15) is 47.8 Å². The quantitative estimate of drug-likeness (QED) is 0.735. The van der Waals surface area contributed by atoms with Gasteiger partial charge < -0.3 is 20.9 Å². The topological polar surface area (TPSA) is 108 Å². The lowest BCUT2D eigenvalue weighted by Crippen LogP contribution is -2.28. The zero-order valence-corrected chi connectivity index (χ0v) is 12.7. The fraction of sp³-hybridized carbons (Fsp3) is 0.571. The van der Waals surface area contributed by atoms with Crippen LogP contribution in [0.25, 0.3) is 0 Å². The van der Waals surface area contributed by atoms with E-state index >= 15 is 0 Å². The lowest BCUT2D eigenvalue weighted by atomic mass is 9.93. The summed E-state index contributed by atoms with van der Waals surface area (Å²) in [6, 6.07) is 2.18. The highest BCUT2D eigenvalue weighted by atomic mass is 32.1. The Bertz CT molecular complexity index is 557. The normalized spacial score (nSPS) is 21.6. The van der Waals surface area contributed by atoms with Crippen LogP contribution in [0.5, 0.6) is 0 Å². The number of nitrogens with zero attached hydrogens (tertiary/aromatic N) is 1. The lowest BCUT2D eigenvalue weighted by Gasteiger charge is -2.26. The molecule has 1 aliphatic rings. The predicted molar refractivity (Wildman–Crippen MR) is 81.3 cm³/mol. The Morgan fingerprint density at radius 1 is 1.52 bits per heavy atom. The number of hydrogen-bond donors (Lipinski definition) is 3. The van der Waals surface area contributed by atoms with Gasteiger partial charge in [-0.3, -0.25) is 0 Å². The average Bonchev–Trinajstić information content (AvgIpc) is 2.77. The molecular weight excluding hydrogens is 290 g/mol. The van der Waals surface area contributed by atoms with Gasteiger partial charge in [0.1, 0.15) is 21.5 Å². The van der Waals surface area contributed by atoms with Gasteiger partial charge in [0.25, 0.3) is 0 Å². The highest BCUT2D eigenvalue weighted by molar-refractivity contribution is 7.17. The van der Waals surface area contributed by atoms with E-state index in [-0.39, 0.29) is 30.0 Å². The van der Waals surface area contributed by atoms with Crippen LogP contribution >= 0.6 is 11.3 Å². The summed E-state index contributed by atoms with van der Waals surface area (Å²) in [7, 11) is 0. The minimum atomic E-state index is -0.508. The van der Waals surface area contributed by atoms with Crippen LogP contribution < -0.4 is 11.1 Å². The lowest BCUT2D eigenvalue weighted by molar-refractivity contribution is 0.0529. The van der Waals surface area contributed by atoms with E-state index < -0.39 is 5.97 Å². The van der Waals surface area contributed by atoms with Crippen molar-refractivity contribution in [3.05, 3.63) is 10.4 Å². The molecule has 1 aromatic rings. The smallest absolute Gasteiger partial charge is 0.343 e. The molecule has 1 aromatic heterocycles. The number of hydrogen-bond acceptors (Lipinski definition) is 7. The van der Waals surface area contributed by atoms with Crippen molar-refractivity contribution in [2.24, 2.45) is 0 Å². The minimum Gasteiger partial charge on any atom is -0.462 e. The monoisotopic (exact) mass is 309 g/mol. The van der Waals surface area contributed by atoms with E-state index in [2.05, 4.69) is 5.32 Å². The molecule has 1 aliphatic carbocycles. The number of anilines is 2. The van der Waals surface area contributed by atoms with Crippen molar-refractivity contribution in [1.29, 1.82) is 5.26 Å². The van der Waals surface area contributed by atoms with Crippen LogP contribution in [0.3, 0.4) is 0 Å². The summed E-state index contributed by atoms with van der Waals surface area (Å²) in [5.41, 5.74) is 6.31. The van der Waals surface area contributed by atoms with E-state index in [9.17, 15) is 9.90 Å². The largest absolute Gasteiger partial charge is 0.462 e. The number of thiophene rings is 1. The SMILES string of the molecule is CCOC(=O)c1c(NC2CCC(O)CC2)sc(C#N)c1N. The van der Waals surface area contributed by atoms with Crippen molar-refractivity contribution in [2.75, 3.05) is 17.7 Å². The summed E-state index contributed by atoms with van der Waals surface area (Å²) >= 11 is 1.17. The van der Waals surface area contributed by atoms with Crippen LogP contribution in [-0.2, 0) is 4.74 Å². The molecule has 0 spiro atoms. The van der Waals surface area contributed by atoms with E-state index in [4.69, 9.17) is 15.7 Å². The molecular formula is C14H19N3O3S. The first-order valence-corrected chi connectivity index (χ1v) is 7.82. The molecule has 0 saturated heterocycles. The second-order valence-electron chi connectivity index (χ2n) is 5.03. The van der Waals surface area contributed by atoms with Crippen molar-refractivity contribution in [3.63, 3.8) is 0 Å². The van der Waals surface area contributed by atoms with Crippen LogP contribution in [0.4, 0.5) is 10.7 Å². The second-order valence-corrected chi connectivity index (χ2v) is 6.05. The van der Waals surface area contributed by atoms with E-state index in [1.54, 1.807) is 6.92 Å². The van der Waals surface area contributed by atoms with Gasteiger partial charge in [-0.15, -0.1) is 11.3 Å². The predicted octanol–water partition coefficient (Wildman–Crippen LogP) is 2.09. The van der Waals surface area contributed by atoms with Crippen LogP contribution in [0.2, 0.25) is 0 Å². The summed E-state index contributed by atoms with van der Waals surface area (Å²) in [5, 5.41) is 22.5. The maximum Gasteiger partial charge on any atom is 0.343 e. The van der Waals surface area contributed by atoms with Gasteiger partial charge in [0.2, 0.25) is 0 Å². The summed E-state index contributed by atoms with van der Waals surface area (Å²) in [4.78, 5) is 12.3. The van der Waals surface area contributed by atoms with Gasteiger partial charge in [0, 0.05) is 6.04 Å². The highest BCUT2D eigenvalue weighted by Gasteiger charge is 2.26. The molecule has 7 heteroatoms. The van der Waals surface area contributed by atoms with Gasteiger partial charge in [0.15, 0.2) is 0 Å². The Balaban J connectivity index is 2.22. The van der Waals surface area contributed by atoms with Crippen LogP contribution in [0.15, 0.2) is 0 Å². The van der Waals surface area contributed by atoms with Crippen molar-refractivity contribution in [1.82, 2.24) is 0 Å². The third-order valence-electron chi connectivity index (χ3n) is 3.56. The van der Waals surface area contributed by atoms with Crippen LogP contribution in [0, 0.1) is 11.3 Å². The molecule has 1 fully saturated rings. The van der Waals surface area contributed by atoms with Gasteiger partial charge in [0.05, 0.1) is 18.4 Å². The van der Waals surface area contributed by atoms with E-state index in [1.807, 2.05) is 6.07 Å². The number of esters is 1. The minimum absolute atomic E-state index is 0.172. The first-order chi connectivity index (χ1) is 10.1. The second kappa shape index (κ2) is 6.78. The number of carbonyl (C=O) groups excluding carboxylic acids is 1. The zero-order chi connectivity index (χ0) is 15.4. The maximum absolute atomic E-state index is 12.0. The molecule has 0 aliphatic heterocycles. The molecule has 2 rings (SSSR count). The number of nitrogen functional groups attached to an aromatic ring is 1. The molecule has 0 unspecified atom stereocenters. The van der Waals surface area contributed by atoms with Crippen molar-refractivity contribution < 1.29 is 14.6 Å². The number of nitrogens with two attached hydrogens (primary N) is 1. The molecule has 0 aromatic carbocycles. The Hall–Kier alpha value is -1.78. The van der Waals surface area contributed by atoms with E-state index in [0.29, 0.717) is 9.88 Å². The Morgan fingerprint density at radius 2 is 2.19 bits per heavy atom. The third-order valence-corrected chi connectivity index (χ3v) is 4.60. The summed E-state index contributed by atoms with van der Waals surface area (Å²) < 4.78 is 5.01. The van der Waals surface area contributed by atoms with Gasteiger partial charge in [-0.05, 0) is 32.6 Å². The molecule has 0 atom stereocenters. The Kier molecular flexibility index (Phi) is 5.04. The van der Waals surface area contributed by atoms with Gasteiger partial charge in [-0.1, -0.05) is 0 Å². The summed E-state index contributed by atoms with van der Waals surface area (Å²) in [6.45, 7) is 1.98. The molecule has 4 N–H and O–H groups in total. The fourth-order valence-electron chi connectivity index (χ4n) is 2.44. The van der Waals surface area contributed by atoms with Crippen molar-refractivity contribution in [2.45, 2.75) is 44.8 Å². The number of rotatable bonds is 4. The molecule has 0 radical (unpaired) electrons. The standard InChI is InChI=1S/C14H19N3O3S/c1-2-20-14(19)11-12(16)10(7-15)21-13(11)17-8-3-5-9(18)6-4-8/h8-9,17-18H,2-6,16H2,1H3. The molecule has 6 nitrogen and oxygen atoms in total. The highest BCUT2D eigenvalue weighted by Crippen LogP contribution is 2.37. The van der Waals surface area contributed by atoms with Crippen LogP contribution in [-0.4, -0.2) is 29.8 Å². The van der Waals surface area contributed by atoms with Crippen molar-refractivity contribution in [3.8, 4) is 6.07 Å². The number of aliphatic hydroxyl groups excluding tert-OH is 1. The molecule has 21 heavy (non-hydrogen) atoms. The zero-order valence-electron chi connectivity index (χ0n) is 11.9. The average molecular weight is 309 g/mol. The van der Waals surface area contributed by atoms with E-state index in [1.165, 1.54) is 11.3 Å². The van der Waals surface area contributed by atoms with Gasteiger partial charge in [-0.2, -0.15) is 5.26 Å². The summed E-state index contributed by atoms with van der Waals surface area (Å²) in [5.74, 6) is -0.508.